The number of nitrogens with one attached hydrogen (secondary N) is 1. The van der Waals surface area contributed by atoms with Crippen LogP contribution in [0.25, 0.3) is 6.08 Å². The Bertz CT molecular complexity index is 1020. The number of rotatable bonds is 8. The predicted molar refractivity (Wildman–Crippen MR) is 106 cm³/mol. The van der Waals surface area contributed by atoms with Crippen LogP contribution in [0.4, 0.5) is 4.79 Å². The number of ether oxygens (including phenoxy) is 3. The van der Waals surface area contributed by atoms with Gasteiger partial charge in [0.05, 0.1) is 20.8 Å². The molecule has 3 rings (SSSR count). The number of imide groups is 1. The number of esters is 1. The largest absolute Gasteiger partial charge is 0.493 e. The first-order chi connectivity index (χ1) is 14.5. The van der Waals surface area contributed by atoms with Gasteiger partial charge in [0.1, 0.15) is 18.1 Å². The Morgan fingerprint density at radius 3 is 2.73 bits per heavy atom. The first kappa shape index (κ1) is 20.7. The van der Waals surface area contributed by atoms with Crippen LogP contribution in [0.3, 0.4) is 0 Å². The Morgan fingerprint density at radius 1 is 1.23 bits per heavy atom. The first-order valence-electron chi connectivity index (χ1n) is 8.90. The third kappa shape index (κ3) is 4.19. The van der Waals surface area contributed by atoms with Gasteiger partial charge in [-0.1, -0.05) is 24.8 Å². The van der Waals surface area contributed by atoms with E-state index in [0.717, 1.165) is 4.90 Å². The number of nitrogens with zero attached hydrogens (tertiary/aromatic N) is 1. The number of carbonyl (C=O) groups excluding carboxylic acids is 3. The lowest BCUT2D eigenvalue weighted by molar-refractivity contribution is -0.123. The van der Waals surface area contributed by atoms with E-state index in [1.807, 2.05) is 0 Å². The summed E-state index contributed by atoms with van der Waals surface area (Å²) < 4.78 is 20.9. The number of para-hydroxylation sites is 1. The Morgan fingerprint density at radius 2 is 2.03 bits per heavy atom. The SMILES string of the molecule is C=CCOc1c(C=C2NC(=O)N(Cc3ccc(C(=O)OC)o3)C2=O)cccc1OC. The molecule has 0 radical (unpaired) electrons. The number of hydrogen-bond acceptors (Lipinski definition) is 7. The number of amides is 3. The van der Waals surface area contributed by atoms with E-state index in [4.69, 9.17) is 13.9 Å². The molecule has 1 saturated heterocycles. The molecule has 1 N–H and O–H groups in total. The monoisotopic (exact) mass is 412 g/mol. The average Bonchev–Trinajstić information content (AvgIpc) is 3.32. The zero-order valence-electron chi connectivity index (χ0n) is 16.5. The van der Waals surface area contributed by atoms with Gasteiger partial charge in [-0.3, -0.25) is 9.69 Å². The lowest BCUT2D eigenvalue weighted by atomic mass is 10.1. The van der Waals surface area contributed by atoms with E-state index in [9.17, 15) is 14.4 Å². The topological polar surface area (TPSA) is 107 Å². The van der Waals surface area contributed by atoms with Gasteiger partial charge < -0.3 is 23.9 Å². The maximum atomic E-state index is 12.8. The summed E-state index contributed by atoms with van der Waals surface area (Å²) in [5.41, 5.74) is 0.615. The number of carbonyl (C=O) groups is 3. The molecule has 9 heteroatoms. The molecule has 2 heterocycles. The molecule has 1 aromatic heterocycles. The average molecular weight is 412 g/mol. The molecule has 0 saturated carbocycles. The summed E-state index contributed by atoms with van der Waals surface area (Å²) in [7, 11) is 2.73. The normalized spacial score (nSPS) is 14.6. The second-order valence-electron chi connectivity index (χ2n) is 6.12. The van der Waals surface area contributed by atoms with Gasteiger partial charge in [0.2, 0.25) is 5.76 Å². The van der Waals surface area contributed by atoms with E-state index in [0.29, 0.717) is 17.1 Å². The predicted octanol–water partition coefficient (Wildman–Crippen LogP) is 2.73. The minimum Gasteiger partial charge on any atom is -0.493 e. The molecule has 0 bridgehead atoms. The van der Waals surface area contributed by atoms with Crippen LogP contribution in [0.1, 0.15) is 21.9 Å². The highest BCUT2D eigenvalue weighted by Gasteiger charge is 2.34. The number of urea groups is 1. The third-order valence-electron chi connectivity index (χ3n) is 4.20. The van der Waals surface area contributed by atoms with Gasteiger partial charge in [-0.25, -0.2) is 9.59 Å². The van der Waals surface area contributed by atoms with E-state index in [-0.39, 0.29) is 30.4 Å². The Labute approximate surface area is 172 Å². The summed E-state index contributed by atoms with van der Waals surface area (Å²) in [6.07, 6.45) is 3.09. The minimum atomic E-state index is -0.649. The molecule has 0 aliphatic carbocycles. The fourth-order valence-corrected chi connectivity index (χ4v) is 2.80. The third-order valence-corrected chi connectivity index (χ3v) is 4.20. The van der Waals surface area contributed by atoms with Crippen molar-refractivity contribution >= 4 is 24.0 Å². The Hall–Kier alpha value is -4.01. The van der Waals surface area contributed by atoms with Gasteiger partial charge in [-0.05, 0) is 24.3 Å². The molecule has 1 aliphatic rings. The van der Waals surface area contributed by atoms with Gasteiger partial charge in [0.25, 0.3) is 5.91 Å². The van der Waals surface area contributed by atoms with Crippen molar-refractivity contribution in [2.24, 2.45) is 0 Å². The Balaban J connectivity index is 1.84. The van der Waals surface area contributed by atoms with Crippen molar-refractivity contribution in [3.05, 3.63) is 65.8 Å². The highest BCUT2D eigenvalue weighted by molar-refractivity contribution is 6.14. The maximum absolute atomic E-state index is 12.8. The lowest BCUT2D eigenvalue weighted by Gasteiger charge is -2.12. The van der Waals surface area contributed by atoms with E-state index in [1.54, 1.807) is 24.3 Å². The molecule has 30 heavy (non-hydrogen) atoms. The molecule has 0 atom stereocenters. The van der Waals surface area contributed by atoms with Crippen molar-refractivity contribution in [1.29, 1.82) is 0 Å². The summed E-state index contributed by atoms with van der Waals surface area (Å²) >= 11 is 0. The maximum Gasteiger partial charge on any atom is 0.373 e. The molecular formula is C21H20N2O7. The molecule has 2 aromatic rings. The van der Waals surface area contributed by atoms with Gasteiger partial charge >= 0.3 is 12.0 Å². The zero-order valence-corrected chi connectivity index (χ0v) is 16.5. The zero-order chi connectivity index (χ0) is 21.7. The van der Waals surface area contributed by atoms with E-state index >= 15 is 0 Å². The molecule has 0 unspecified atom stereocenters. The summed E-state index contributed by atoms with van der Waals surface area (Å²) in [5, 5.41) is 2.53. The summed E-state index contributed by atoms with van der Waals surface area (Å²) in [6, 6.07) is 7.48. The fraction of sp³-hybridized carbons (Fsp3) is 0.190. The molecule has 0 spiro atoms. The van der Waals surface area contributed by atoms with Gasteiger partial charge in [-0.2, -0.15) is 0 Å². The van der Waals surface area contributed by atoms with Crippen LogP contribution >= 0.6 is 0 Å². The Kier molecular flexibility index (Phi) is 6.21. The van der Waals surface area contributed by atoms with E-state index in [1.165, 1.54) is 32.4 Å². The second-order valence-corrected chi connectivity index (χ2v) is 6.12. The first-order valence-corrected chi connectivity index (χ1v) is 8.90. The van der Waals surface area contributed by atoms with Crippen LogP contribution in [0, 0.1) is 0 Å². The molecule has 1 aliphatic heterocycles. The van der Waals surface area contributed by atoms with Gasteiger partial charge in [0.15, 0.2) is 11.5 Å². The van der Waals surface area contributed by atoms with Crippen LogP contribution in [0.2, 0.25) is 0 Å². The van der Waals surface area contributed by atoms with Crippen molar-refractivity contribution < 1.29 is 33.0 Å². The van der Waals surface area contributed by atoms with Crippen molar-refractivity contribution in [3.63, 3.8) is 0 Å². The van der Waals surface area contributed by atoms with Crippen molar-refractivity contribution in [1.82, 2.24) is 10.2 Å². The smallest absolute Gasteiger partial charge is 0.373 e. The minimum absolute atomic E-state index is 0.0179. The van der Waals surface area contributed by atoms with Crippen LogP contribution in [0.5, 0.6) is 11.5 Å². The van der Waals surface area contributed by atoms with Crippen molar-refractivity contribution in [3.8, 4) is 11.5 Å². The molecule has 1 aromatic carbocycles. The molecule has 156 valence electrons. The van der Waals surface area contributed by atoms with Gasteiger partial charge in [0, 0.05) is 5.56 Å². The standard InChI is InChI=1S/C21H20N2O7/c1-4-10-29-18-13(6-5-7-16(18)27-2)11-15-19(24)23(21(26)22-15)12-14-8-9-17(30-14)20(25)28-3/h4-9,11H,1,10,12H2,2-3H3,(H,22,26). The molecule has 3 amide bonds. The van der Waals surface area contributed by atoms with E-state index < -0.39 is 17.9 Å². The van der Waals surface area contributed by atoms with Crippen molar-refractivity contribution in [2.45, 2.75) is 6.54 Å². The summed E-state index contributed by atoms with van der Waals surface area (Å²) in [4.78, 5) is 37.5. The van der Waals surface area contributed by atoms with Crippen LogP contribution < -0.4 is 14.8 Å². The molecule has 1 fully saturated rings. The van der Waals surface area contributed by atoms with Crippen LogP contribution in [-0.4, -0.2) is 43.6 Å². The number of hydrogen-bond donors (Lipinski definition) is 1. The quantitative estimate of drug-likeness (QED) is 0.307. The van der Waals surface area contributed by atoms with Crippen LogP contribution in [-0.2, 0) is 16.1 Å². The van der Waals surface area contributed by atoms with Crippen LogP contribution in [0.15, 0.2) is 53.1 Å². The molecule has 9 nitrogen and oxygen atoms in total. The lowest BCUT2D eigenvalue weighted by Crippen LogP contribution is -2.30. The molecular weight excluding hydrogens is 392 g/mol. The number of methoxy groups -OCH3 is 2. The van der Waals surface area contributed by atoms with Crippen molar-refractivity contribution in [2.75, 3.05) is 20.8 Å². The number of furan rings is 1. The fourth-order valence-electron chi connectivity index (χ4n) is 2.80. The highest BCUT2D eigenvalue weighted by atomic mass is 16.5. The highest BCUT2D eigenvalue weighted by Crippen LogP contribution is 2.33. The second kappa shape index (κ2) is 8.99. The van der Waals surface area contributed by atoms with Gasteiger partial charge in [-0.15, -0.1) is 0 Å². The number of benzene rings is 1. The van der Waals surface area contributed by atoms with E-state index in [2.05, 4.69) is 16.6 Å². The summed E-state index contributed by atoms with van der Waals surface area (Å²) in [6.45, 7) is 3.72. The summed E-state index contributed by atoms with van der Waals surface area (Å²) in [5.74, 6) is -0.0581.